The SMILES string of the molecule is CCCCCOc1ccc(CC(Cl)C(C)=O)cc1OC. The smallest absolute Gasteiger partial charge is 0.161 e. The van der Waals surface area contributed by atoms with Crippen LogP contribution < -0.4 is 9.47 Å². The number of carbonyl (C=O) groups is 1. The number of hydrogen-bond acceptors (Lipinski definition) is 3. The number of Topliss-reactive ketones (excluding diaryl/α,β-unsaturated/α-hetero) is 1. The standard InChI is InChI=1S/C16H23ClO3/c1-4-5-6-9-20-15-8-7-13(11-16(15)19-3)10-14(17)12(2)18/h7-8,11,14H,4-6,9-10H2,1-3H3. The van der Waals surface area contributed by atoms with Crippen molar-refractivity contribution in [2.75, 3.05) is 13.7 Å². The average Bonchev–Trinajstić information content (AvgIpc) is 2.44. The zero-order chi connectivity index (χ0) is 15.0. The van der Waals surface area contributed by atoms with Crippen molar-refractivity contribution >= 4 is 17.4 Å². The molecule has 1 aromatic carbocycles. The lowest BCUT2D eigenvalue weighted by Gasteiger charge is -2.13. The Labute approximate surface area is 126 Å². The molecule has 0 aliphatic heterocycles. The largest absolute Gasteiger partial charge is 0.493 e. The highest BCUT2D eigenvalue weighted by molar-refractivity contribution is 6.30. The van der Waals surface area contributed by atoms with Crippen molar-refractivity contribution in [1.82, 2.24) is 0 Å². The summed E-state index contributed by atoms with van der Waals surface area (Å²) in [4.78, 5) is 11.2. The molecule has 0 spiro atoms. The number of unbranched alkanes of at least 4 members (excludes halogenated alkanes) is 2. The quantitative estimate of drug-likeness (QED) is 0.510. The molecule has 1 unspecified atom stereocenters. The van der Waals surface area contributed by atoms with E-state index in [1.807, 2.05) is 18.2 Å². The minimum Gasteiger partial charge on any atom is -0.493 e. The van der Waals surface area contributed by atoms with E-state index in [0.29, 0.717) is 18.8 Å². The number of carbonyl (C=O) groups excluding carboxylic acids is 1. The molecule has 0 N–H and O–H groups in total. The van der Waals surface area contributed by atoms with Crippen molar-refractivity contribution in [3.8, 4) is 11.5 Å². The number of halogens is 1. The highest BCUT2D eigenvalue weighted by Crippen LogP contribution is 2.29. The molecular weight excluding hydrogens is 276 g/mol. The molecule has 0 aromatic heterocycles. The van der Waals surface area contributed by atoms with Gasteiger partial charge in [-0.25, -0.2) is 0 Å². The summed E-state index contributed by atoms with van der Waals surface area (Å²) in [6.45, 7) is 4.35. The summed E-state index contributed by atoms with van der Waals surface area (Å²) >= 11 is 5.98. The van der Waals surface area contributed by atoms with Gasteiger partial charge in [0.2, 0.25) is 0 Å². The van der Waals surface area contributed by atoms with Crippen LogP contribution in [0.1, 0.15) is 38.7 Å². The van der Waals surface area contributed by atoms with Crippen LogP contribution in [-0.4, -0.2) is 24.9 Å². The summed E-state index contributed by atoms with van der Waals surface area (Å²) in [7, 11) is 1.61. The van der Waals surface area contributed by atoms with Gasteiger partial charge in [0.05, 0.1) is 19.1 Å². The Balaban J connectivity index is 2.67. The molecule has 0 bridgehead atoms. The number of alkyl halides is 1. The Morgan fingerprint density at radius 2 is 2.05 bits per heavy atom. The van der Waals surface area contributed by atoms with Crippen LogP contribution in [0.2, 0.25) is 0 Å². The molecule has 20 heavy (non-hydrogen) atoms. The number of ether oxygens (including phenoxy) is 2. The molecule has 0 radical (unpaired) electrons. The van der Waals surface area contributed by atoms with Gasteiger partial charge < -0.3 is 9.47 Å². The predicted octanol–water partition coefficient (Wildman–Crippen LogP) is 4.00. The van der Waals surface area contributed by atoms with E-state index in [0.717, 1.165) is 24.2 Å². The Morgan fingerprint density at radius 1 is 1.30 bits per heavy atom. The van der Waals surface area contributed by atoms with E-state index in [2.05, 4.69) is 6.92 Å². The maximum absolute atomic E-state index is 11.2. The number of hydrogen-bond donors (Lipinski definition) is 0. The van der Waals surface area contributed by atoms with E-state index in [9.17, 15) is 4.79 Å². The second-order valence-corrected chi connectivity index (χ2v) is 5.35. The normalized spacial score (nSPS) is 12.0. The molecule has 0 saturated carbocycles. The molecule has 0 fully saturated rings. The van der Waals surface area contributed by atoms with Gasteiger partial charge in [0, 0.05) is 0 Å². The van der Waals surface area contributed by atoms with Gasteiger partial charge in [-0.05, 0) is 37.5 Å². The first-order valence-electron chi connectivity index (χ1n) is 7.02. The first-order valence-corrected chi connectivity index (χ1v) is 7.46. The fraction of sp³-hybridized carbons (Fsp3) is 0.562. The summed E-state index contributed by atoms with van der Waals surface area (Å²) in [5, 5.41) is -0.490. The van der Waals surface area contributed by atoms with Gasteiger partial charge in [-0.1, -0.05) is 25.8 Å². The molecule has 1 atom stereocenters. The fourth-order valence-electron chi connectivity index (χ4n) is 1.84. The summed E-state index contributed by atoms with van der Waals surface area (Å²) in [5.41, 5.74) is 0.970. The van der Waals surface area contributed by atoms with Gasteiger partial charge in [-0.2, -0.15) is 0 Å². The maximum Gasteiger partial charge on any atom is 0.161 e. The van der Waals surface area contributed by atoms with Crippen molar-refractivity contribution in [2.45, 2.75) is 44.9 Å². The van der Waals surface area contributed by atoms with Crippen molar-refractivity contribution in [3.05, 3.63) is 23.8 Å². The number of ketones is 1. The van der Waals surface area contributed by atoms with Crippen LogP contribution in [0, 0.1) is 0 Å². The molecule has 0 amide bonds. The molecule has 1 rings (SSSR count). The molecule has 112 valence electrons. The minimum atomic E-state index is -0.490. The maximum atomic E-state index is 11.2. The first-order chi connectivity index (χ1) is 9.58. The van der Waals surface area contributed by atoms with Crippen LogP contribution in [0.25, 0.3) is 0 Å². The number of methoxy groups -OCH3 is 1. The summed E-state index contributed by atoms with van der Waals surface area (Å²) in [5.74, 6) is 1.40. The van der Waals surface area contributed by atoms with Gasteiger partial charge >= 0.3 is 0 Å². The Kier molecular flexibility index (Phi) is 7.45. The van der Waals surface area contributed by atoms with Crippen molar-refractivity contribution in [1.29, 1.82) is 0 Å². The average molecular weight is 299 g/mol. The topological polar surface area (TPSA) is 35.5 Å². The Hall–Kier alpha value is -1.22. The van der Waals surface area contributed by atoms with E-state index in [1.165, 1.54) is 13.3 Å². The summed E-state index contributed by atoms with van der Waals surface area (Å²) in [6.07, 6.45) is 3.87. The van der Waals surface area contributed by atoms with Crippen LogP contribution in [0.5, 0.6) is 11.5 Å². The highest BCUT2D eigenvalue weighted by atomic mass is 35.5. The molecule has 0 aliphatic rings. The monoisotopic (exact) mass is 298 g/mol. The van der Waals surface area contributed by atoms with E-state index >= 15 is 0 Å². The number of benzene rings is 1. The predicted molar refractivity (Wildman–Crippen MR) is 82.0 cm³/mol. The Morgan fingerprint density at radius 3 is 2.65 bits per heavy atom. The van der Waals surface area contributed by atoms with E-state index in [1.54, 1.807) is 7.11 Å². The molecule has 0 heterocycles. The van der Waals surface area contributed by atoms with Crippen LogP contribution in [0.15, 0.2) is 18.2 Å². The third kappa shape index (κ3) is 5.41. The van der Waals surface area contributed by atoms with Crippen LogP contribution >= 0.6 is 11.6 Å². The van der Waals surface area contributed by atoms with Gasteiger partial charge in [-0.15, -0.1) is 11.6 Å². The Bertz CT molecular complexity index is 432. The van der Waals surface area contributed by atoms with Crippen molar-refractivity contribution in [2.24, 2.45) is 0 Å². The summed E-state index contributed by atoms with van der Waals surface area (Å²) < 4.78 is 11.0. The highest BCUT2D eigenvalue weighted by Gasteiger charge is 2.13. The molecular formula is C16H23ClO3. The molecule has 0 saturated heterocycles. The van der Waals surface area contributed by atoms with E-state index in [-0.39, 0.29) is 5.78 Å². The van der Waals surface area contributed by atoms with Gasteiger partial charge in [0.15, 0.2) is 11.5 Å². The zero-order valence-corrected chi connectivity index (χ0v) is 13.2. The van der Waals surface area contributed by atoms with Gasteiger partial charge in [0.25, 0.3) is 0 Å². The van der Waals surface area contributed by atoms with Crippen molar-refractivity contribution < 1.29 is 14.3 Å². The second kappa shape index (κ2) is 8.85. The van der Waals surface area contributed by atoms with Crippen molar-refractivity contribution in [3.63, 3.8) is 0 Å². The lowest BCUT2D eigenvalue weighted by molar-refractivity contribution is -0.116. The van der Waals surface area contributed by atoms with Gasteiger partial charge in [-0.3, -0.25) is 4.79 Å². The second-order valence-electron chi connectivity index (χ2n) is 4.82. The van der Waals surface area contributed by atoms with E-state index < -0.39 is 5.38 Å². The fourth-order valence-corrected chi connectivity index (χ4v) is 2.02. The number of rotatable bonds is 9. The van der Waals surface area contributed by atoms with Crippen LogP contribution in [0.4, 0.5) is 0 Å². The molecule has 4 heteroatoms. The zero-order valence-electron chi connectivity index (χ0n) is 12.4. The third-order valence-electron chi connectivity index (χ3n) is 3.09. The van der Waals surface area contributed by atoms with Crippen LogP contribution in [0.3, 0.4) is 0 Å². The molecule has 3 nitrogen and oxygen atoms in total. The first kappa shape index (κ1) is 16.8. The van der Waals surface area contributed by atoms with E-state index in [4.69, 9.17) is 21.1 Å². The third-order valence-corrected chi connectivity index (χ3v) is 3.55. The van der Waals surface area contributed by atoms with Crippen LogP contribution in [-0.2, 0) is 11.2 Å². The summed E-state index contributed by atoms with van der Waals surface area (Å²) in [6, 6.07) is 5.69. The van der Waals surface area contributed by atoms with Gasteiger partial charge in [0.1, 0.15) is 5.78 Å². The lowest BCUT2D eigenvalue weighted by atomic mass is 10.1. The lowest BCUT2D eigenvalue weighted by Crippen LogP contribution is -2.13. The molecule has 0 aliphatic carbocycles. The minimum absolute atomic E-state index is 0.0227. The molecule has 1 aromatic rings.